The van der Waals surface area contributed by atoms with E-state index in [9.17, 15) is 0 Å². The maximum Gasteiger partial charge on any atom is 0.0632 e. The lowest BCUT2D eigenvalue weighted by Gasteiger charge is -2.29. The predicted molar refractivity (Wildman–Crippen MR) is 66.7 cm³/mol. The van der Waals surface area contributed by atoms with E-state index in [1.54, 1.807) is 0 Å². The minimum Gasteiger partial charge on any atom is -0.271 e. The van der Waals surface area contributed by atoms with Crippen molar-refractivity contribution in [3.8, 4) is 0 Å². The second-order valence-electron chi connectivity index (χ2n) is 4.63. The van der Waals surface area contributed by atoms with Crippen molar-refractivity contribution in [1.82, 2.24) is 9.78 Å². The molecule has 1 rings (SSSR count). The number of thiol groups is 1. The Labute approximate surface area is 99.6 Å². The Morgan fingerprint density at radius 2 is 2.21 bits per heavy atom. The summed E-state index contributed by atoms with van der Waals surface area (Å²) in [6.07, 6.45) is 3.82. The van der Waals surface area contributed by atoms with Crippen LogP contribution in [0.5, 0.6) is 0 Å². The van der Waals surface area contributed by atoms with Crippen molar-refractivity contribution >= 4 is 28.6 Å². The van der Waals surface area contributed by atoms with Gasteiger partial charge in [0.1, 0.15) is 0 Å². The Balaban J connectivity index is 2.66. The van der Waals surface area contributed by atoms with Gasteiger partial charge in [0.05, 0.1) is 10.7 Å². The minimum absolute atomic E-state index is 0.278. The third-order valence-corrected chi connectivity index (χ3v) is 3.30. The van der Waals surface area contributed by atoms with Gasteiger partial charge in [0.15, 0.2) is 0 Å². The van der Waals surface area contributed by atoms with Gasteiger partial charge in [-0.15, -0.1) is 0 Å². The van der Waals surface area contributed by atoms with Gasteiger partial charge in [-0.25, -0.2) is 0 Å². The lowest BCUT2D eigenvalue weighted by molar-refractivity contribution is 0.231. The van der Waals surface area contributed by atoms with Gasteiger partial charge in [-0.2, -0.15) is 17.7 Å². The number of aromatic nitrogens is 2. The third kappa shape index (κ3) is 3.31. The molecule has 0 aliphatic heterocycles. The lowest BCUT2D eigenvalue weighted by atomic mass is 9.82. The minimum atomic E-state index is 0.278. The van der Waals surface area contributed by atoms with Crippen LogP contribution in [-0.4, -0.2) is 15.5 Å². The molecule has 0 amide bonds. The maximum atomic E-state index is 4.39. The summed E-state index contributed by atoms with van der Waals surface area (Å²) >= 11 is 7.79. The average molecular weight is 277 g/mol. The summed E-state index contributed by atoms with van der Waals surface area (Å²) in [5.41, 5.74) is 0.278. The van der Waals surface area contributed by atoms with Crippen molar-refractivity contribution in [3.63, 3.8) is 0 Å². The van der Waals surface area contributed by atoms with Gasteiger partial charge in [0, 0.05) is 12.7 Å². The summed E-state index contributed by atoms with van der Waals surface area (Å²) in [6.45, 7) is 7.66. The number of nitrogens with zero attached hydrogens (tertiary/aromatic N) is 2. The molecule has 1 heterocycles. The van der Waals surface area contributed by atoms with Gasteiger partial charge >= 0.3 is 0 Å². The molecule has 14 heavy (non-hydrogen) atoms. The van der Waals surface area contributed by atoms with E-state index in [1.807, 2.05) is 17.1 Å². The van der Waals surface area contributed by atoms with Crippen LogP contribution in [0, 0.1) is 11.3 Å². The van der Waals surface area contributed by atoms with Gasteiger partial charge < -0.3 is 0 Å². The van der Waals surface area contributed by atoms with Crippen molar-refractivity contribution in [2.75, 3.05) is 5.75 Å². The van der Waals surface area contributed by atoms with Gasteiger partial charge in [-0.3, -0.25) is 4.68 Å². The normalized spacial score (nSPS) is 14.4. The second kappa shape index (κ2) is 4.71. The Hall–Kier alpha value is 0.0400. The molecule has 80 valence electrons. The van der Waals surface area contributed by atoms with Gasteiger partial charge in [0.2, 0.25) is 0 Å². The van der Waals surface area contributed by atoms with E-state index in [-0.39, 0.29) is 5.41 Å². The molecular formula is C10H17BrN2S. The van der Waals surface area contributed by atoms with Gasteiger partial charge in [-0.1, -0.05) is 20.8 Å². The Bertz CT molecular complexity index is 291. The fraction of sp³-hybridized carbons (Fsp3) is 0.700. The second-order valence-corrected chi connectivity index (χ2v) is 5.91. The Morgan fingerprint density at radius 1 is 1.57 bits per heavy atom. The summed E-state index contributed by atoms with van der Waals surface area (Å²) in [7, 11) is 0. The summed E-state index contributed by atoms with van der Waals surface area (Å²) < 4.78 is 3.00. The molecule has 0 aliphatic carbocycles. The average Bonchev–Trinajstić information content (AvgIpc) is 2.45. The highest BCUT2D eigenvalue weighted by Crippen LogP contribution is 2.28. The molecule has 2 nitrogen and oxygen atoms in total. The standard InChI is InChI=1S/C10H17BrN2S/c1-10(2,3)8(7-14)5-13-6-9(11)4-12-13/h4,6,8,14H,5,7H2,1-3H3. The topological polar surface area (TPSA) is 17.8 Å². The molecule has 1 aromatic rings. The largest absolute Gasteiger partial charge is 0.271 e. The van der Waals surface area contributed by atoms with Crippen LogP contribution in [0.25, 0.3) is 0 Å². The number of halogens is 1. The molecule has 0 N–H and O–H groups in total. The highest BCUT2D eigenvalue weighted by molar-refractivity contribution is 9.10. The molecule has 0 bridgehead atoms. The zero-order chi connectivity index (χ0) is 10.8. The molecule has 1 aromatic heterocycles. The fourth-order valence-electron chi connectivity index (χ4n) is 1.27. The van der Waals surface area contributed by atoms with E-state index in [1.165, 1.54) is 0 Å². The number of hydrogen-bond acceptors (Lipinski definition) is 2. The predicted octanol–water partition coefficient (Wildman–Crippen LogP) is 3.24. The molecule has 4 heteroatoms. The summed E-state index contributed by atoms with van der Waals surface area (Å²) in [5, 5.41) is 4.25. The molecule has 0 fully saturated rings. The third-order valence-electron chi connectivity index (χ3n) is 2.45. The molecular weight excluding hydrogens is 260 g/mol. The lowest BCUT2D eigenvalue weighted by Crippen LogP contribution is -2.26. The smallest absolute Gasteiger partial charge is 0.0632 e. The van der Waals surface area contributed by atoms with E-state index in [0.29, 0.717) is 5.92 Å². The first-order valence-electron chi connectivity index (χ1n) is 4.72. The van der Waals surface area contributed by atoms with Crippen LogP contribution in [-0.2, 0) is 6.54 Å². The monoisotopic (exact) mass is 276 g/mol. The van der Waals surface area contributed by atoms with E-state index in [0.717, 1.165) is 16.8 Å². The summed E-state index contributed by atoms with van der Waals surface area (Å²) in [4.78, 5) is 0. The highest BCUT2D eigenvalue weighted by Gasteiger charge is 2.23. The first-order valence-corrected chi connectivity index (χ1v) is 6.15. The van der Waals surface area contributed by atoms with Crippen molar-refractivity contribution in [2.45, 2.75) is 27.3 Å². The van der Waals surface area contributed by atoms with Crippen LogP contribution in [0.1, 0.15) is 20.8 Å². The number of rotatable bonds is 3. The van der Waals surface area contributed by atoms with Gasteiger partial charge in [-0.05, 0) is 33.0 Å². The van der Waals surface area contributed by atoms with Crippen LogP contribution in [0.4, 0.5) is 0 Å². The van der Waals surface area contributed by atoms with Crippen molar-refractivity contribution in [1.29, 1.82) is 0 Å². The molecule has 0 aliphatic rings. The van der Waals surface area contributed by atoms with E-state index in [2.05, 4.69) is 54.4 Å². The summed E-state index contributed by atoms with van der Waals surface area (Å²) in [5.74, 6) is 1.43. The first-order chi connectivity index (χ1) is 6.43. The van der Waals surface area contributed by atoms with Crippen molar-refractivity contribution in [2.24, 2.45) is 11.3 Å². The number of hydrogen-bond donors (Lipinski definition) is 1. The van der Waals surface area contributed by atoms with Crippen LogP contribution >= 0.6 is 28.6 Å². The zero-order valence-electron chi connectivity index (χ0n) is 8.87. The summed E-state index contributed by atoms with van der Waals surface area (Å²) in [6, 6.07) is 0. The van der Waals surface area contributed by atoms with Crippen molar-refractivity contribution < 1.29 is 0 Å². The van der Waals surface area contributed by atoms with Crippen LogP contribution < -0.4 is 0 Å². The molecule has 0 radical (unpaired) electrons. The SMILES string of the molecule is CC(C)(C)C(CS)Cn1cc(Br)cn1. The van der Waals surface area contributed by atoms with E-state index < -0.39 is 0 Å². The zero-order valence-corrected chi connectivity index (χ0v) is 11.3. The van der Waals surface area contributed by atoms with Crippen molar-refractivity contribution in [3.05, 3.63) is 16.9 Å². The molecule has 1 unspecified atom stereocenters. The highest BCUT2D eigenvalue weighted by atomic mass is 79.9. The molecule has 0 saturated heterocycles. The first kappa shape index (κ1) is 12.1. The van der Waals surface area contributed by atoms with Crippen LogP contribution in [0.15, 0.2) is 16.9 Å². The Morgan fingerprint density at radius 3 is 2.57 bits per heavy atom. The molecule has 1 atom stereocenters. The van der Waals surface area contributed by atoms with E-state index in [4.69, 9.17) is 0 Å². The van der Waals surface area contributed by atoms with Crippen LogP contribution in [0.3, 0.4) is 0 Å². The molecule has 0 aromatic carbocycles. The Kier molecular flexibility index (Phi) is 4.07. The van der Waals surface area contributed by atoms with Gasteiger partial charge in [0.25, 0.3) is 0 Å². The van der Waals surface area contributed by atoms with Crippen LogP contribution in [0.2, 0.25) is 0 Å². The molecule has 0 spiro atoms. The fourth-order valence-corrected chi connectivity index (χ4v) is 2.26. The maximum absolute atomic E-state index is 4.39. The quantitative estimate of drug-likeness (QED) is 0.840. The molecule has 0 saturated carbocycles. The van der Waals surface area contributed by atoms with E-state index >= 15 is 0 Å².